The third-order valence-corrected chi connectivity index (χ3v) is 2.80. The van der Waals surface area contributed by atoms with Crippen LogP contribution in [0.15, 0.2) is 18.2 Å². The molecule has 0 saturated carbocycles. The van der Waals surface area contributed by atoms with Crippen LogP contribution in [0.1, 0.15) is 38.7 Å². The minimum Gasteiger partial charge on any atom is -0.385 e. The van der Waals surface area contributed by atoms with E-state index >= 15 is 0 Å². The number of aromatic nitrogens is 2. The second-order valence-electron chi connectivity index (χ2n) is 4.24. The molecule has 0 aliphatic rings. The number of hydrogen-bond acceptors (Lipinski definition) is 2. The van der Waals surface area contributed by atoms with Crippen molar-refractivity contribution in [2.45, 2.75) is 32.9 Å². The fourth-order valence-corrected chi connectivity index (χ4v) is 2.09. The third-order valence-electron chi connectivity index (χ3n) is 2.57. The lowest BCUT2D eigenvalue weighted by Crippen LogP contribution is -2.08. The first kappa shape index (κ1) is 11.4. The molecule has 0 spiro atoms. The summed E-state index contributed by atoms with van der Waals surface area (Å²) in [7, 11) is 0. The summed E-state index contributed by atoms with van der Waals surface area (Å²) in [4.78, 5) is 4.42. The van der Waals surface area contributed by atoms with Crippen LogP contribution in [0.2, 0.25) is 5.02 Å². The summed E-state index contributed by atoms with van der Waals surface area (Å²) in [5, 5.41) is 10.4. The maximum absolute atomic E-state index is 9.71. The minimum absolute atomic E-state index is 0.260. The molecule has 0 bridgehead atoms. The largest absolute Gasteiger partial charge is 0.385 e. The maximum Gasteiger partial charge on any atom is 0.138 e. The molecule has 4 heteroatoms. The number of fused-ring (bicyclic) bond motifs is 1. The molecule has 0 aliphatic heterocycles. The molecular weight excluding hydrogens is 224 g/mol. The zero-order chi connectivity index (χ0) is 11.9. The van der Waals surface area contributed by atoms with Gasteiger partial charge in [0, 0.05) is 11.1 Å². The lowest BCUT2D eigenvalue weighted by Gasteiger charge is -2.14. The van der Waals surface area contributed by atoms with Crippen molar-refractivity contribution in [3.8, 4) is 0 Å². The Bertz CT molecular complexity index is 517. The Kier molecular flexibility index (Phi) is 2.91. The van der Waals surface area contributed by atoms with E-state index in [0.29, 0.717) is 10.8 Å². The topological polar surface area (TPSA) is 38.0 Å². The quantitative estimate of drug-likeness (QED) is 0.872. The van der Waals surface area contributed by atoms with E-state index in [4.69, 9.17) is 11.6 Å². The highest BCUT2D eigenvalue weighted by molar-refractivity contribution is 6.31. The average molecular weight is 239 g/mol. The Morgan fingerprint density at radius 2 is 2.00 bits per heavy atom. The van der Waals surface area contributed by atoms with Gasteiger partial charge < -0.3 is 9.67 Å². The minimum atomic E-state index is -0.575. The third kappa shape index (κ3) is 1.81. The lowest BCUT2D eigenvalue weighted by molar-refractivity contribution is 0.182. The fraction of sp³-hybridized carbons (Fsp3) is 0.417. The fourth-order valence-electron chi connectivity index (χ4n) is 1.93. The summed E-state index contributed by atoms with van der Waals surface area (Å²) in [5.41, 5.74) is 1.84. The molecule has 16 heavy (non-hydrogen) atoms. The number of halogens is 1. The maximum atomic E-state index is 9.71. The van der Waals surface area contributed by atoms with Gasteiger partial charge >= 0.3 is 0 Å². The SMILES string of the molecule is CC(C)n1c([C@@H](C)O)nc2cc(Cl)ccc21. The molecule has 1 heterocycles. The Hall–Kier alpha value is -1.06. The van der Waals surface area contributed by atoms with E-state index in [1.807, 2.05) is 22.8 Å². The number of hydrogen-bond donors (Lipinski definition) is 1. The molecule has 3 nitrogen and oxygen atoms in total. The number of benzene rings is 1. The molecule has 2 aromatic rings. The van der Waals surface area contributed by atoms with Crippen molar-refractivity contribution in [1.82, 2.24) is 9.55 Å². The highest BCUT2D eigenvalue weighted by atomic mass is 35.5. The summed E-state index contributed by atoms with van der Waals surface area (Å²) in [5.74, 6) is 0.687. The molecule has 1 aromatic carbocycles. The Labute approximate surface area is 99.7 Å². The van der Waals surface area contributed by atoms with Gasteiger partial charge in [0.05, 0.1) is 11.0 Å². The van der Waals surface area contributed by atoms with E-state index in [1.165, 1.54) is 0 Å². The van der Waals surface area contributed by atoms with Crippen LogP contribution in [0, 0.1) is 0 Å². The van der Waals surface area contributed by atoms with Crippen LogP contribution >= 0.6 is 11.6 Å². The van der Waals surface area contributed by atoms with Crippen LogP contribution in [0.5, 0.6) is 0 Å². The Balaban J connectivity index is 2.75. The van der Waals surface area contributed by atoms with E-state index in [1.54, 1.807) is 6.92 Å². The van der Waals surface area contributed by atoms with Gasteiger partial charge in [0.1, 0.15) is 11.9 Å². The normalized spacial score (nSPS) is 13.6. The molecule has 2 rings (SSSR count). The second kappa shape index (κ2) is 4.07. The highest BCUT2D eigenvalue weighted by Gasteiger charge is 2.16. The monoisotopic (exact) mass is 238 g/mol. The van der Waals surface area contributed by atoms with Crippen molar-refractivity contribution >= 4 is 22.6 Å². The van der Waals surface area contributed by atoms with Gasteiger partial charge in [-0.25, -0.2) is 4.98 Å². The van der Waals surface area contributed by atoms with Gasteiger partial charge in [-0.05, 0) is 39.0 Å². The highest BCUT2D eigenvalue weighted by Crippen LogP contribution is 2.26. The van der Waals surface area contributed by atoms with Gasteiger partial charge in [0.15, 0.2) is 0 Å². The lowest BCUT2D eigenvalue weighted by atomic mass is 10.3. The molecule has 0 amide bonds. The average Bonchev–Trinajstić information content (AvgIpc) is 2.55. The standard InChI is InChI=1S/C12H15ClN2O/c1-7(2)15-11-5-4-9(13)6-10(11)14-12(15)8(3)16/h4-8,16H,1-3H3/t8-/m1/s1. The molecule has 0 unspecified atom stereocenters. The van der Waals surface area contributed by atoms with Crippen molar-refractivity contribution in [1.29, 1.82) is 0 Å². The molecule has 1 atom stereocenters. The Morgan fingerprint density at radius 3 is 2.56 bits per heavy atom. The summed E-state index contributed by atoms with van der Waals surface area (Å²) < 4.78 is 2.04. The van der Waals surface area contributed by atoms with Crippen molar-refractivity contribution in [3.05, 3.63) is 29.0 Å². The van der Waals surface area contributed by atoms with E-state index in [9.17, 15) is 5.11 Å². The summed E-state index contributed by atoms with van der Waals surface area (Å²) >= 11 is 5.93. The van der Waals surface area contributed by atoms with E-state index in [2.05, 4.69) is 18.8 Å². The number of aliphatic hydroxyl groups is 1. The zero-order valence-electron chi connectivity index (χ0n) is 9.61. The number of aliphatic hydroxyl groups excluding tert-OH is 1. The molecule has 0 aliphatic carbocycles. The first-order valence-corrected chi connectivity index (χ1v) is 5.74. The van der Waals surface area contributed by atoms with E-state index in [-0.39, 0.29) is 6.04 Å². The smallest absolute Gasteiger partial charge is 0.138 e. The van der Waals surface area contributed by atoms with Gasteiger partial charge in [0.25, 0.3) is 0 Å². The first-order chi connectivity index (χ1) is 7.50. The molecule has 86 valence electrons. The predicted molar refractivity (Wildman–Crippen MR) is 65.8 cm³/mol. The second-order valence-corrected chi connectivity index (χ2v) is 4.68. The molecule has 0 radical (unpaired) electrons. The van der Waals surface area contributed by atoms with Gasteiger partial charge in [-0.15, -0.1) is 0 Å². The molecule has 1 N–H and O–H groups in total. The van der Waals surface area contributed by atoms with Crippen molar-refractivity contribution in [2.24, 2.45) is 0 Å². The van der Waals surface area contributed by atoms with Crippen LogP contribution in [0.4, 0.5) is 0 Å². The molecule has 0 fully saturated rings. The Morgan fingerprint density at radius 1 is 1.31 bits per heavy atom. The first-order valence-electron chi connectivity index (χ1n) is 5.36. The van der Waals surface area contributed by atoms with Gasteiger partial charge in [-0.3, -0.25) is 0 Å². The van der Waals surface area contributed by atoms with Gasteiger partial charge in [0.2, 0.25) is 0 Å². The van der Waals surface area contributed by atoms with E-state index < -0.39 is 6.10 Å². The van der Waals surface area contributed by atoms with Crippen molar-refractivity contribution in [2.75, 3.05) is 0 Å². The van der Waals surface area contributed by atoms with Gasteiger partial charge in [-0.2, -0.15) is 0 Å². The van der Waals surface area contributed by atoms with Crippen molar-refractivity contribution in [3.63, 3.8) is 0 Å². The van der Waals surface area contributed by atoms with Crippen LogP contribution in [-0.2, 0) is 0 Å². The van der Waals surface area contributed by atoms with E-state index in [0.717, 1.165) is 11.0 Å². The predicted octanol–water partition coefficient (Wildman–Crippen LogP) is 3.32. The van der Waals surface area contributed by atoms with Crippen LogP contribution in [-0.4, -0.2) is 14.7 Å². The van der Waals surface area contributed by atoms with Crippen LogP contribution in [0.3, 0.4) is 0 Å². The number of nitrogens with zero attached hydrogens (tertiary/aromatic N) is 2. The van der Waals surface area contributed by atoms with Crippen LogP contribution < -0.4 is 0 Å². The zero-order valence-corrected chi connectivity index (χ0v) is 10.4. The van der Waals surface area contributed by atoms with Gasteiger partial charge in [-0.1, -0.05) is 11.6 Å². The number of imidazole rings is 1. The number of rotatable bonds is 2. The molecule has 1 aromatic heterocycles. The summed E-state index contributed by atoms with van der Waals surface area (Å²) in [6.07, 6.45) is -0.575. The van der Waals surface area contributed by atoms with Crippen LogP contribution in [0.25, 0.3) is 11.0 Å². The van der Waals surface area contributed by atoms with Crippen molar-refractivity contribution < 1.29 is 5.11 Å². The molecular formula is C12H15ClN2O. The summed E-state index contributed by atoms with van der Waals surface area (Å²) in [6.45, 7) is 5.87. The summed E-state index contributed by atoms with van der Waals surface area (Å²) in [6, 6.07) is 5.87. The molecule has 0 saturated heterocycles.